The summed E-state index contributed by atoms with van der Waals surface area (Å²) in [5.74, 6) is -0.399. The molecule has 0 aliphatic heterocycles. The number of hydrogen-bond acceptors (Lipinski definition) is 3. The summed E-state index contributed by atoms with van der Waals surface area (Å²) < 4.78 is 5.00. The zero-order valence-electron chi connectivity index (χ0n) is 11.9. The van der Waals surface area contributed by atoms with Crippen LogP contribution >= 0.6 is 0 Å². The Balaban J connectivity index is 2.47. The minimum absolute atomic E-state index is 0.0599. The summed E-state index contributed by atoms with van der Waals surface area (Å²) in [6.07, 6.45) is 0. The monoisotopic (exact) mass is 263 g/mol. The van der Waals surface area contributed by atoms with Gasteiger partial charge in [0.2, 0.25) is 0 Å². The van der Waals surface area contributed by atoms with Crippen molar-refractivity contribution >= 4 is 11.9 Å². The van der Waals surface area contributed by atoms with Crippen LogP contribution in [-0.4, -0.2) is 24.5 Å². The van der Waals surface area contributed by atoms with E-state index in [1.165, 1.54) is 0 Å². The largest absolute Gasteiger partial charge is 0.452 e. The summed E-state index contributed by atoms with van der Waals surface area (Å²) in [6.45, 7) is 7.54. The van der Waals surface area contributed by atoms with Crippen molar-refractivity contribution in [3.05, 3.63) is 35.4 Å². The Morgan fingerprint density at radius 3 is 2.42 bits per heavy atom. The topological polar surface area (TPSA) is 55.4 Å². The third-order valence-corrected chi connectivity index (χ3v) is 3.09. The second-order valence-electron chi connectivity index (χ2n) is 4.99. The van der Waals surface area contributed by atoms with Crippen LogP contribution in [0.1, 0.15) is 36.7 Å². The van der Waals surface area contributed by atoms with Crippen molar-refractivity contribution in [2.24, 2.45) is 5.92 Å². The Kier molecular flexibility index (Phi) is 5.55. The summed E-state index contributed by atoms with van der Waals surface area (Å²) in [4.78, 5) is 23.4. The summed E-state index contributed by atoms with van der Waals surface area (Å²) in [5.41, 5.74) is 1.33. The number of aryl methyl sites for hydroxylation is 1. The molecular weight excluding hydrogens is 242 g/mol. The van der Waals surface area contributed by atoms with Gasteiger partial charge in [-0.15, -0.1) is 0 Å². The fourth-order valence-electron chi connectivity index (χ4n) is 1.47. The van der Waals surface area contributed by atoms with Gasteiger partial charge in [-0.2, -0.15) is 0 Å². The smallest absolute Gasteiger partial charge is 0.338 e. The lowest BCUT2D eigenvalue weighted by Gasteiger charge is -2.17. The highest BCUT2D eigenvalue weighted by Gasteiger charge is 2.14. The molecule has 1 amide bonds. The lowest BCUT2D eigenvalue weighted by molar-refractivity contribution is -0.125. The van der Waals surface area contributed by atoms with E-state index in [-0.39, 0.29) is 18.6 Å². The number of hydrogen-bond donors (Lipinski definition) is 1. The molecule has 0 aliphatic rings. The molecule has 0 aliphatic carbocycles. The maximum atomic E-state index is 11.8. The van der Waals surface area contributed by atoms with Crippen molar-refractivity contribution in [2.75, 3.05) is 6.61 Å². The summed E-state index contributed by atoms with van der Waals surface area (Å²) in [5, 5.41) is 2.78. The molecule has 1 atom stereocenters. The number of nitrogens with one attached hydrogen (secondary N) is 1. The van der Waals surface area contributed by atoms with E-state index >= 15 is 0 Å². The van der Waals surface area contributed by atoms with Gasteiger partial charge in [0, 0.05) is 6.04 Å². The van der Waals surface area contributed by atoms with Crippen molar-refractivity contribution in [1.82, 2.24) is 5.32 Å². The highest BCUT2D eigenvalue weighted by Crippen LogP contribution is 2.08. The van der Waals surface area contributed by atoms with Crippen molar-refractivity contribution in [2.45, 2.75) is 33.7 Å². The van der Waals surface area contributed by atoms with Gasteiger partial charge < -0.3 is 10.1 Å². The third-order valence-electron chi connectivity index (χ3n) is 3.09. The minimum Gasteiger partial charge on any atom is -0.452 e. The number of carbonyl (C=O) groups is 2. The highest BCUT2D eigenvalue weighted by molar-refractivity contribution is 5.92. The third kappa shape index (κ3) is 4.73. The Morgan fingerprint density at radius 2 is 1.84 bits per heavy atom. The van der Waals surface area contributed by atoms with Gasteiger partial charge in [-0.1, -0.05) is 32.0 Å². The van der Waals surface area contributed by atoms with E-state index in [4.69, 9.17) is 4.74 Å². The predicted molar refractivity (Wildman–Crippen MR) is 73.9 cm³/mol. The number of ether oxygens (including phenoxy) is 1. The van der Waals surface area contributed by atoms with Crippen molar-refractivity contribution < 1.29 is 14.3 Å². The molecule has 1 rings (SSSR count). The molecule has 0 fully saturated rings. The number of amides is 1. The van der Waals surface area contributed by atoms with Gasteiger partial charge in [-0.05, 0) is 31.4 Å². The molecule has 0 radical (unpaired) electrons. The van der Waals surface area contributed by atoms with Gasteiger partial charge in [-0.3, -0.25) is 4.79 Å². The normalized spacial score (nSPS) is 12.1. The fourth-order valence-corrected chi connectivity index (χ4v) is 1.47. The first-order valence-electron chi connectivity index (χ1n) is 6.44. The quantitative estimate of drug-likeness (QED) is 0.829. The molecule has 1 N–H and O–H groups in total. The van der Waals surface area contributed by atoms with Crippen LogP contribution < -0.4 is 5.32 Å². The van der Waals surface area contributed by atoms with Gasteiger partial charge in [0.05, 0.1) is 5.56 Å². The zero-order valence-corrected chi connectivity index (χ0v) is 11.9. The lowest BCUT2D eigenvalue weighted by atomic mass is 10.1. The van der Waals surface area contributed by atoms with E-state index in [1.54, 1.807) is 12.1 Å². The Morgan fingerprint density at radius 1 is 1.21 bits per heavy atom. The van der Waals surface area contributed by atoms with E-state index in [9.17, 15) is 9.59 Å². The van der Waals surface area contributed by atoms with Crippen molar-refractivity contribution in [1.29, 1.82) is 0 Å². The lowest BCUT2D eigenvalue weighted by Crippen LogP contribution is -2.38. The molecule has 1 aromatic carbocycles. The second kappa shape index (κ2) is 6.92. The average Bonchev–Trinajstić information content (AvgIpc) is 2.36. The van der Waals surface area contributed by atoms with Crippen LogP contribution in [0.25, 0.3) is 0 Å². The zero-order chi connectivity index (χ0) is 14.4. The molecule has 0 saturated carbocycles. The summed E-state index contributed by atoms with van der Waals surface area (Å²) >= 11 is 0. The molecule has 0 spiro atoms. The van der Waals surface area contributed by atoms with E-state index in [2.05, 4.69) is 5.32 Å². The van der Waals surface area contributed by atoms with Gasteiger partial charge >= 0.3 is 5.97 Å². The number of esters is 1. The summed E-state index contributed by atoms with van der Waals surface area (Å²) in [7, 11) is 0. The molecule has 0 heterocycles. The first-order valence-corrected chi connectivity index (χ1v) is 6.44. The second-order valence-corrected chi connectivity index (χ2v) is 4.99. The summed E-state index contributed by atoms with van der Waals surface area (Å²) in [6, 6.07) is 7.20. The highest BCUT2D eigenvalue weighted by atomic mass is 16.5. The minimum atomic E-state index is -0.467. The molecule has 0 aromatic heterocycles. The van der Waals surface area contributed by atoms with Gasteiger partial charge in [-0.25, -0.2) is 4.79 Å². The van der Waals surface area contributed by atoms with Gasteiger partial charge in [0.1, 0.15) is 0 Å². The molecule has 4 heteroatoms. The molecular formula is C15H21NO3. The Hall–Kier alpha value is -1.84. The fraction of sp³-hybridized carbons (Fsp3) is 0.467. The van der Waals surface area contributed by atoms with Crippen molar-refractivity contribution in [3.8, 4) is 0 Å². The van der Waals surface area contributed by atoms with E-state index in [0.29, 0.717) is 11.5 Å². The van der Waals surface area contributed by atoms with Gasteiger partial charge in [0.15, 0.2) is 6.61 Å². The number of carbonyl (C=O) groups excluding carboxylic acids is 2. The van der Waals surface area contributed by atoms with E-state index in [1.807, 2.05) is 39.8 Å². The molecule has 0 unspecified atom stereocenters. The molecule has 0 saturated heterocycles. The van der Waals surface area contributed by atoms with Crippen LogP contribution in [0.3, 0.4) is 0 Å². The standard InChI is InChI=1S/C15H21NO3/c1-10(2)12(4)16-14(17)9-19-15(18)13-8-6-5-7-11(13)3/h5-8,10,12H,9H2,1-4H3,(H,16,17)/t12-/m1/s1. The molecule has 104 valence electrons. The van der Waals surface area contributed by atoms with Crippen LogP contribution in [-0.2, 0) is 9.53 Å². The average molecular weight is 263 g/mol. The van der Waals surface area contributed by atoms with Gasteiger partial charge in [0.25, 0.3) is 5.91 Å². The maximum Gasteiger partial charge on any atom is 0.338 e. The van der Waals surface area contributed by atoms with Crippen molar-refractivity contribution in [3.63, 3.8) is 0 Å². The number of rotatable bonds is 5. The van der Waals surface area contributed by atoms with Crippen LogP contribution in [0.5, 0.6) is 0 Å². The van der Waals surface area contributed by atoms with Crippen LogP contribution in [0.15, 0.2) is 24.3 Å². The number of benzene rings is 1. The molecule has 1 aromatic rings. The Bertz CT molecular complexity index is 454. The SMILES string of the molecule is Cc1ccccc1C(=O)OCC(=O)N[C@H](C)C(C)C. The molecule has 19 heavy (non-hydrogen) atoms. The van der Waals surface area contributed by atoms with Crippen LogP contribution in [0.4, 0.5) is 0 Å². The molecule has 0 bridgehead atoms. The van der Waals surface area contributed by atoms with E-state index in [0.717, 1.165) is 5.56 Å². The molecule has 4 nitrogen and oxygen atoms in total. The first-order chi connectivity index (χ1) is 8.91. The van der Waals surface area contributed by atoms with Crippen LogP contribution in [0, 0.1) is 12.8 Å². The van der Waals surface area contributed by atoms with E-state index < -0.39 is 5.97 Å². The Labute approximate surface area is 114 Å². The first kappa shape index (κ1) is 15.2. The van der Waals surface area contributed by atoms with Crippen LogP contribution in [0.2, 0.25) is 0 Å². The predicted octanol–water partition coefficient (Wildman–Crippen LogP) is 2.31. The maximum absolute atomic E-state index is 11.8.